The summed E-state index contributed by atoms with van der Waals surface area (Å²) < 4.78 is 1.12. The van der Waals surface area contributed by atoms with Gasteiger partial charge in [0.1, 0.15) is 0 Å². The molecule has 0 saturated heterocycles. The lowest BCUT2D eigenvalue weighted by Gasteiger charge is -2.31. The van der Waals surface area contributed by atoms with Gasteiger partial charge in [-0.25, -0.2) is 0 Å². The Kier molecular flexibility index (Phi) is 8.58. The average Bonchev–Trinajstić information content (AvgIpc) is 2.01. The molecule has 0 amide bonds. The van der Waals surface area contributed by atoms with Crippen molar-refractivity contribution in [3.63, 3.8) is 0 Å². The maximum Gasteiger partial charge on any atom is 0.0915 e. The Balaban J connectivity index is 0. The van der Waals surface area contributed by atoms with Gasteiger partial charge in [0.2, 0.25) is 0 Å². The zero-order valence-electron chi connectivity index (χ0n) is 8.10. The number of allylic oxidation sites excluding steroid dienone is 1. The molecule has 0 rings (SSSR count). The lowest BCUT2D eigenvalue weighted by Crippen LogP contribution is -3.00. The van der Waals surface area contributed by atoms with Crippen LogP contribution in [-0.4, -0.2) is 24.1 Å². The highest BCUT2D eigenvalue weighted by molar-refractivity contribution is 4.67. The summed E-state index contributed by atoms with van der Waals surface area (Å²) in [4.78, 5) is 0. The molecule has 0 fully saturated rings. The van der Waals surface area contributed by atoms with Crippen LogP contribution in [-0.2, 0) is 0 Å². The average molecular weight is 222 g/mol. The first-order valence-corrected chi connectivity index (χ1v) is 4.24. The van der Waals surface area contributed by atoms with Crippen molar-refractivity contribution in [2.24, 2.45) is 0 Å². The quantitative estimate of drug-likeness (QED) is 0.557. The first-order chi connectivity index (χ1) is 4.74. The summed E-state index contributed by atoms with van der Waals surface area (Å²) in [5.74, 6) is 0. The molecule has 0 aromatic heterocycles. The molecule has 0 aliphatic rings. The van der Waals surface area contributed by atoms with Gasteiger partial charge < -0.3 is 17.0 Å². The third-order valence-corrected chi connectivity index (χ3v) is 2.35. The molecule has 0 N–H and O–H groups in total. The second-order valence-corrected chi connectivity index (χ2v) is 2.65. The van der Waals surface area contributed by atoms with Gasteiger partial charge in [0.05, 0.1) is 25.8 Å². The van der Waals surface area contributed by atoms with Gasteiger partial charge in [0, 0.05) is 0 Å². The third kappa shape index (κ3) is 3.92. The van der Waals surface area contributed by atoms with E-state index in [1.165, 1.54) is 19.6 Å². The number of quaternary nitrogens is 1. The second-order valence-electron chi connectivity index (χ2n) is 2.65. The van der Waals surface area contributed by atoms with Crippen molar-refractivity contribution in [2.75, 3.05) is 19.6 Å². The summed E-state index contributed by atoms with van der Waals surface area (Å²) in [7, 11) is 0. The largest absolute Gasteiger partial charge is 1.00 e. The van der Waals surface area contributed by atoms with Crippen molar-refractivity contribution in [3.05, 3.63) is 12.3 Å². The van der Waals surface area contributed by atoms with E-state index in [9.17, 15) is 0 Å². The Bertz CT molecular complexity index is 97.9. The summed E-state index contributed by atoms with van der Waals surface area (Å²) in [5.41, 5.74) is 0. The normalized spacial score (nSPS) is 11.6. The van der Waals surface area contributed by atoms with Crippen LogP contribution in [0.3, 0.4) is 0 Å². The molecule has 0 bridgehead atoms. The number of halogens is 1. The van der Waals surface area contributed by atoms with Crippen LogP contribution in [0.2, 0.25) is 0 Å². The van der Waals surface area contributed by atoms with Gasteiger partial charge in [-0.2, -0.15) is 0 Å². The van der Waals surface area contributed by atoms with Gasteiger partial charge in [0.15, 0.2) is 0 Å². The van der Waals surface area contributed by atoms with Gasteiger partial charge in [0.25, 0.3) is 0 Å². The Morgan fingerprint density at radius 2 is 1.36 bits per heavy atom. The number of nitrogens with zero attached hydrogens (tertiary/aromatic N) is 1. The molecular formula is C9H20BrN. The third-order valence-electron chi connectivity index (χ3n) is 2.35. The van der Waals surface area contributed by atoms with Gasteiger partial charge in [-0.05, 0) is 33.8 Å². The number of hydrogen-bond acceptors (Lipinski definition) is 0. The zero-order chi connectivity index (χ0) is 8.04. The lowest BCUT2D eigenvalue weighted by atomic mass is 10.3. The van der Waals surface area contributed by atoms with E-state index < -0.39 is 0 Å². The van der Waals surface area contributed by atoms with Crippen molar-refractivity contribution in [2.45, 2.75) is 27.7 Å². The van der Waals surface area contributed by atoms with Gasteiger partial charge in [-0.3, -0.25) is 4.48 Å². The highest BCUT2D eigenvalue weighted by Crippen LogP contribution is 2.05. The van der Waals surface area contributed by atoms with E-state index in [0.29, 0.717) is 0 Å². The highest BCUT2D eigenvalue weighted by atomic mass is 79.9. The van der Waals surface area contributed by atoms with Crippen molar-refractivity contribution in [3.8, 4) is 0 Å². The summed E-state index contributed by atoms with van der Waals surface area (Å²) in [6.07, 6.45) is 4.44. The first-order valence-electron chi connectivity index (χ1n) is 4.24. The number of rotatable bonds is 4. The monoisotopic (exact) mass is 221 g/mol. The first kappa shape index (κ1) is 13.7. The van der Waals surface area contributed by atoms with Crippen LogP contribution in [0.1, 0.15) is 27.7 Å². The van der Waals surface area contributed by atoms with Crippen molar-refractivity contribution >= 4 is 0 Å². The van der Waals surface area contributed by atoms with Crippen LogP contribution >= 0.6 is 0 Å². The van der Waals surface area contributed by atoms with Gasteiger partial charge in [-0.15, -0.1) is 0 Å². The molecule has 0 aromatic carbocycles. The summed E-state index contributed by atoms with van der Waals surface area (Å²) in [6.45, 7) is 12.4. The Morgan fingerprint density at radius 3 is 1.45 bits per heavy atom. The molecule has 0 unspecified atom stereocenters. The fourth-order valence-corrected chi connectivity index (χ4v) is 1.30. The fraction of sp³-hybridized carbons (Fsp3) is 0.778. The molecule has 0 aliphatic carbocycles. The Morgan fingerprint density at radius 1 is 1.00 bits per heavy atom. The molecule has 1 nitrogen and oxygen atoms in total. The minimum absolute atomic E-state index is 0. The van der Waals surface area contributed by atoms with Gasteiger partial charge in [-0.1, -0.05) is 0 Å². The van der Waals surface area contributed by atoms with Crippen molar-refractivity contribution in [1.29, 1.82) is 0 Å². The summed E-state index contributed by atoms with van der Waals surface area (Å²) in [6, 6.07) is 0. The summed E-state index contributed by atoms with van der Waals surface area (Å²) in [5, 5.41) is 0. The van der Waals surface area contributed by atoms with Gasteiger partial charge >= 0.3 is 0 Å². The maximum absolute atomic E-state index is 2.29. The Labute approximate surface area is 81.5 Å². The molecule has 0 spiro atoms. The molecule has 0 radical (unpaired) electrons. The van der Waals surface area contributed by atoms with E-state index in [2.05, 4.69) is 40.0 Å². The van der Waals surface area contributed by atoms with E-state index in [1.807, 2.05) is 0 Å². The van der Waals surface area contributed by atoms with Crippen LogP contribution in [0.4, 0.5) is 0 Å². The minimum atomic E-state index is 0. The second kappa shape index (κ2) is 6.86. The van der Waals surface area contributed by atoms with Crippen LogP contribution in [0.5, 0.6) is 0 Å². The molecule has 0 heterocycles. The maximum atomic E-state index is 2.29. The zero-order valence-corrected chi connectivity index (χ0v) is 9.69. The standard InChI is InChI=1S/C9H20N.BrH/c1-5-9-10(6-2,7-3)8-4;/h5,9H,6-8H2,1-4H3;1H/q+1;/p-1. The molecule has 0 aromatic rings. The summed E-state index contributed by atoms with van der Waals surface area (Å²) >= 11 is 0. The fourth-order valence-electron chi connectivity index (χ4n) is 1.30. The van der Waals surface area contributed by atoms with E-state index in [4.69, 9.17) is 0 Å². The van der Waals surface area contributed by atoms with Crippen LogP contribution < -0.4 is 17.0 Å². The lowest BCUT2D eigenvalue weighted by molar-refractivity contribution is -0.874. The van der Waals surface area contributed by atoms with Crippen LogP contribution in [0.15, 0.2) is 12.3 Å². The van der Waals surface area contributed by atoms with E-state index >= 15 is 0 Å². The predicted molar refractivity (Wildman–Crippen MR) is 46.7 cm³/mol. The Hall–Kier alpha value is 0.180. The molecule has 68 valence electrons. The van der Waals surface area contributed by atoms with Crippen LogP contribution in [0, 0.1) is 0 Å². The molecular weight excluding hydrogens is 202 g/mol. The van der Waals surface area contributed by atoms with Crippen molar-refractivity contribution in [1.82, 2.24) is 0 Å². The van der Waals surface area contributed by atoms with E-state index in [1.54, 1.807) is 0 Å². The molecule has 0 atom stereocenters. The highest BCUT2D eigenvalue weighted by Gasteiger charge is 2.15. The number of hydrogen-bond donors (Lipinski definition) is 0. The molecule has 0 aliphatic heterocycles. The smallest absolute Gasteiger partial charge is 0.0915 e. The molecule has 2 heteroatoms. The SMILES string of the molecule is CC=C[N+](CC)(CC)CC.[Br-]. The minimum Gasteiger partial charge on any atom is -1.00 e. The van der Waals surface area contributed by atoms with Crippen LogP contribution in [0.25, 0.3) is 0 Å². The van der Waals surface area contributed by atoms with E-state index in [0.717, 1.165) is 4.48 Å². The van der Waals surface area contributed by atoms with E-state index in [-0.39, 0.29) is 17.0 Å². The molecule has 0 saturated carbocycles. The topological polar surface area (TPSA) is 0 Å². The predicted octanol–water partition coefficient (Wildman–Crippen LogP) is -0.599. The van der Waals surface area contributed by atoms with Crippen molar-refractivity contribution < 1.29 is 21.5 Å². The molecule has 11 heavy (non-hydrogen) atoms.